The third kappa shape index (κ3) is 4.10. The quantitative estimate of drug-likeness (QED) is 0.743. The van der Waals surface area contributed by atoms with Crippen molar-refractivity contribution in [1.29, 1.82) is 0 Å². The summed E-state index contributed by atoms with van der Waals surface area (Å²) in [6, 6.07) is 8.88. The number of terminal acetylenes is 1. The molecule has 1 aliphatic carbocycles. The van der Waals surface area contributed by atoms with E-state index in [4.69, 9.17) is 6.42 Å². The van der Waals surface area contributed by atoms with Gasteiger partial charge in [0, 0.05) is 12.6 Å². The minimum Gasteiger partial charge on any atom is -0.334 e. The number of fused-ring (bicyclic) bond motifs is 1. The standard InChI is InChI=1S/C23H29N5O3/c1-3-13-25-16-21(29)27-17(2)22(30)26(19-11-7-8-12-19)15-20(27)28(25)23(31)24-14-18-9-5-4-6-10-18/h1,4-6,9-10,17,19-20H,7-8,11-16H2,2H3,(H,24,31)/t17-,20-/m0/s1. The Labute approximate surface area is 183 Å². The minimum absolute atomic E-state index is 0.0273. The van der Waals surface area contributed by atoms with Crippen LogP contribution in [0.3, 0.4) is 0 Å². The number of rotatable bonds is 4. The van der Waals surface area contributed by atoms with Crippen LogP contribution >= 0.6 is 0 Å². The van der Waals surface area contributed by atoms with E-state index in [1.165, 1.54) is 0 Å². The third-order valence-electron chi connectivity index (χ3n) is 6.47. The first-order valence-electron chi connectivity index (χ1n) is 10.9. The second-order valence-corrected chi connectivity index (χ2v) is 8.40. The van der Waals surface area contributed by atoms with Crippen LogP contribution in [0.4, 0.5) is 4.79 Å². The fraction of sp³-hybridized carbons (Fsp3) is 0.522. The molecule has 31 heavy (non-hydrogen) atoms. The second-order valence-electron chi connectivity index (χ2n) is 8.40. The number of carbonyl (C=O) groups excluding carboxylic acids is 3. The summed E-state index contributed by atoms with van der Waals surface area (Å²) in [7, 11) is 0. The summed E-state index contributed by atoms with van der Waals surface area (Å²) in [5.74, 6) is 2.33. The van der Waals surface area contributed by atoms with Crippen molar-refractivity contribution in [3.05, 3.63) is 35.9 Å². The first-order valence-corrected chi connectivity index (χ1v) is 10.9. The van der Waals surface area contributed by atoms with E-state index in [2.05, 4.69) is 11.2 Å². The van der Waals surface area contributed by atoms with Crippen LogP contribution in [0.5, 0.6) is 0 Å². The molecule has 8 heteroatoms. The zero-order valence-electron chi connectivity index (χ0n) is 17.9. The average molecular weight is 424 g/mol. The molecule has 3 aliphatic rings. The van der Waals surface area contributed by atoms with Crippen LogP contribution in [-0.2, 0) is 16.1 Å². The number of nitrogens with zero attached hydrogens (tertiary/aromatic N) is 4. The maximum absolute atomic E-state index is 13.3. The molecule has 4 rings (SSSR count). The van der Waals surface area contributed by atoms with Crippen molar-refractivity contribution >= 4 is 17.8 Å². The maximum Gasteiger partial charge on any atom is 0.334 e. The number of carbonyl (C=O) groups is 3. The zero-order valence-corrected chi connectivity index (χ0v) is 17.9. The molecule has 4 amide bonds. The number of piperazine rings is 1. The molecule has 1 aromatic rings. The molecule has 0 radical (unpaired) electrons. The molecule has 2 atom stereocenters. The number of hydrogen-bond donors (Lipinski definition) is 1. The van der Waals surface area contributed by atoms with E-state index in [1.807, 2.05) is 35.2 Å². The van der Waals surface area contributed by atoms with Crippen LogP contribution in [0.15, 0.2) is 30.3 Å². The molecule has 0 bridgehead atoms. The van der Waals surface area contributed by atoms with E-state index < -0.39 is 12.2 Å². The zero-order chi connectivity index (χ0) is 22.0. The van der Waals surface area contributed by atoms with Gasteiger partial charge in [0.05, 0.1) is 19.6 Å². The van der Waals surface area contributed by atoms with Gasteiger partial charge in [-0.1, -0.05) is 49.1 Å². The first kappa shape index (κ1) is 21.2. The van der Waals surface area contributed by atoms with Crippen molar-refractivity contribution in [2.75, 3.05) is 19.6 Å². The number of nitrogens with one attached hydrogen (secondary N) is 1. The molecule has 1 N–H and O–H groups in total. The predicted octanol–water partition coefficient (Wildman–Crippen LogP) is 1.39. The van der Waals surface area contributed by atoms with Gasteiger partial charge in [-0.05, 0) is 25.3 Å². The van der Waals surface area contributed by atoms with E-state index in [0.717, 1.165) is 31.2 Å². The highest BCUT2D eigenvalue weighted by molar-refractivity contribution is 5.91. The molecule has 0 unspecified atom stereocenters. The van der Waals surface area contributed by atoms with Crippen molar-refractivity contribution < 1.29 is 14.4 Å². The van der Waals surface area contributed by atoms with Crippen LogP contribution in [-0.4, -0.2) is 75.5 Å². The van der Waals surface area contributed by atoms with Gasteiger partial charge in [0.1, 0.15) is 12.2 Å². The summed E-state index contributed by atoms with van der Waals surface area (Å²) in [4.78, 5) is 42.7. The summed E-state index contributed by atoms with van der Waals surface area (Å²) in [6.45, 7) is 2.54. The highest BCUT2D eigenvalue weighted by Crippen LogP contribution is 2.31. The van der Waals surface area contributed by atoms with E-state index in [0.29, 0.717) is 13.1 Å². The van der Waals surface area contributed by atoms with E-state index >= 15 is 0 Å². The van der Waals surface area contributed by atoms with Gasteiger partial charge < -0.3 is 15.1 Å². The van der Waals surface area contributed by atoms with Gasteiger partial charge in [0.2, 0.25) is 11.8 Å². The SMILES string of the molecule is C#CCN1CC(=O)N2[C@@H](C)C(=O)N(C3CCCC3)C[C@@H]2N1C(=O)NCc1ccccc1. The predicted molar refractivity (Wildman–Crippen MR) is 115 cm³/mol. The van der Waals surface area contributed by atoms with Gasteiger partial charge in [0.25, 0.3) is 0 Å². The molecule has 164 valence electrons. The molecule has 1 aromatic carbocycles. The number of amides is 4. The van der Waals surface area contributed by atoms with Crippen molar-refractivity contribution in [2.45, 2.75) is 57.4 Å². The van der Waals surface area contributed by atoms with Gasteiger partial charge in [-0.2, -0.15) is 5.01 Å². The molecule has 0 spiro atoms. The average Bonchev–Trinajstić information content (AvgIpc) is 3.30. The second kappa shape index (κ2) is 8.98. The summed E-state index contributed by atoms with van der Waals surface area (Å²) >= 11 is 0. The minimum atomic E-state index is -0.607. The molecule has 2 heterocycles. The molecule has 2 saturated heterocycles. The van der Waals surface area contributed by atoms with Crippen LogP contribution in [0.25, 0.3) is 0 Å². The largest absolute Gasteiger partial charge is 0.334 e. The Kier molecular flexibility index (Phi) is 6.14. The number of benzene rings is 1. The van der Waals surface area contributed by atoms with Crippen LogP contribution < -0.4 is 5.32 Å². The van der Waals surface area contributed by atoms with Gasteiger partial charge in [0.15, 0.2) is 0 Å². The van der Waals surface area contributed by atoms with Crippen molar-refractivity contribution in [3.63, 3.8) is 0 Å². The Morgan fingerprint density at radius 2 is 1.90 bits per heavy atom. The molecule has 1 saturated carbocycles. The van der Waals surface area contributed by atoms with Crippen LogP contribution in [0, 0.1) is 12.3 Å². The number of hydrogen-bond acceptors (Lipinski definition) is 4. The Hall–Kier alpha value is -3.05. The van der Waals surface area contributed by atoms with Gasteiger partial charge >= 0.3 is 6.03 Å². The van der Waals surface area contributed by atoms with Gasteiger partial charge in [-0.15, -0.1) is 6.42 Å². The lowest BCUT2D eigenvalue weighted by Gasteiger charge is -2.55. The molecular weight excluding hydrogens is 394 g/mol. The summed E-state index contributed by atoms with van der Waals surface area (Å²) in [6.07, 6.45) is 9.09. The Bertz CT molecular complexity index is 877. The van der Waals surface area contributed by atoms with E-state index in [9.17, 15) is 14.4 Å². The van der Waals surface area contributed by atoms with Gasteiger partial charge in [-0.3, -0.25) is 9.59 Å². The van der Waals surface area contributed by atoms with Crippen LogP contribution in [0.1, 0.15) is 38.2 Å². The van der Waals surface area contributed by atoms with E-state index in [-0.39, 0.29) is 37.0 Å². The van der Waals surface area contributed by atoms with E-state index in [1.54, 1.807) is 21.8 Å². The van der Waals surface area contributed by atoms with Gasteiger partial charge in [-0.25, -0.2) is 9.80 Å². The monoisotopic (exact) mass is 423 g/mol. The molecule has 2 aliphatic heterocycles. The lowest BCUT2D eigenvalue weighted by atomic mass is 10.0. The maximum atomic E-state index is 13.3. The van der Waals surface area contributed by atoms with Crippen LogP contribution in [0.2, 0.25) is 0 Å². The summed E-state index contributed by atoms with van der Waals surface area (Å²) in [5, 5.41) is 6.11. The Morgan fingerprint density at radius 1 is 1.19 bits per heavy atom. The fourth-order valence-electron chi connectivity index (χ4n) is 4.95. The lowest BCUT2D eigenvalue weighted by molar-refractivity contribution is -0.189. The summed E-state index contributed by atoms with van der Waals surface area (Å²) < 4.78 is 0. The molecule has 3 fully saturated rings. The summed E-state index contributed by atoms with van der Waals surface area (Å²) in [5.41, 5.74) is 0.976. The molecule has 0 aromatic heterocycles. The topological polar surface area (TPSA) is 76.2 Å². The normalized spacial score (nSPS) is 24.8. The Balaban J connectivity index is 1.59. The Morgan fingerprint density at radius 3 is 2.58 bits per heavy atom. The molecular formula is C23H29N5O3. The van der Waals surface area contributed by atoms with Crippen molar-refractivity contribution in [3.8, 4) is 12.3 Å². The number of urea groups is 1. The highest BCUT2D eigenvalue weighted by atomic mass is 16.2. The molecule has 8 nitrogen and oxygen atoms in total. The fourth-order valence-corrected chi connectivity index (χ4v) is 4.95. The van der Waals surface area contributed by atoms with Crippen molar-refractivity contribution in [2.24, 2.45) is 0 Å². The third-order valence-corrected chi connectivity index (χ3v) is 6.47. The first-order chi connectivity index (χ1) is 15.0. The highest BCUT2D eigenvalue weighted by Gasteiger charge is 2.51. The number of hydrazine groups is 1. The van der Waals surface area contributed by atoms with Crippen molar-refractivity contribution in [1.82, 2.24) is 25.1 Å². The lowest BCUT2D eigenvalue weighted by Crippen LogP contribution is -2.76. The smallest absolute Gasteiger partial charge is 0.334 e.